The van der Waals surface area contributed by atoms with E-state index in [9.17, 15) is 4.79 Å². The van der Waals surface area contributed by atoms with Gasteiger partial charge in [0, 0.05) is 17.8 Å². The number of hydrogen-bond acceptors (Lipinski definition) is 3. The number of benzene rings is 2. The molecule has 0 atom stereocenters. The average molecular weight is 284 g/mol. The summed E-state index contributed by atoms with van der Waals surface area (Å²) >= 11 is 0. The van der Waals surface area contributed by atoms with Gasteiger partial charge in [-0.3, -0.25) is 4.79 Å². The number of amides is 1. The Kier molecular flexibility index (Phi) is 5.35. The quantitative estimate of drug-likeness (QED) is 0.854. The largest absolute Gasteiger partial charge is 0.457 e. The summed E-state index contributed by atoms with van der Waals surface area (Å²) in [5.41, 5.74) is 0.721. The lowest BCUT2D eigenvalue weighted by molar-refractivity contribution is -0.115. The molecule has 4 nitrogen and oxygen atoms in total. The highest BCUT2D eigenvalue weighted by Gasteiger charge is 2.04. The van der Waals surface area contributed by atoms with Gasteiger partial charge in [0.05, 0.1) is 6.54 Å². The van der Waals surface area contributed by atoms with Crippen molar-refractivity contribution >= 4 is 11.6 Å². The minimum Gasteiger partial charge on any atom is -0.457 e. The van der Waals surface area contributed by atoms with E-state index >= 15 is 0 Å². The van der Waals surface area contributed by atoms with Gasteiger partial charge in [0.15, 0.2) is 0 Å². The first-order valence-electron chi connectivity index (χ1n) is 6.99. The minimum absolute atomic E-state index is 0.0689. The van der Waals surface area contributed by atoms with Crippen LogP contribution in [0.15, 0.2) is 54.6 Å². The molecule has 0 heterocycles. The van der Waals surface area contributed by atoms with Crippen molar-refractivity contribution in [1.82, 2.24) is 5.32 Å². The third-order valence-electron chi connectivity index (χ3n) is 2.77. The van der Waals surface area contributed by atoms with E-state index in [4.69, 9.17) is 4.74 Å². The fourth-order valence-corrected chi connectivity index (χ4v) is 1.76. The summed E-state index contributed by atoms with van der Waals surface area (Å²) in [7, 11) is 0. The number of carbonyl (C=O) groups excluding carboxylic acids is 1. The number of nitrogens with one attached hydrogen (secondary N) is 2. The second-order valence-corrected chi connectivity index (χ2v) is 5.03. The van der Waals surface area contributed by atoms with E-state index in [1.807, 2.05) is 62.4 Å². The molecule has 0 aliphatic carbocycles. The monoisotopic (exact) mass is 284 g/mol. The Morgan fingerprint density at radius 3 is 2.48 bits per heavy atom. The topological polar surface area (TPSA) is 50.4 Å². The van der Waals surface area contributed by atoms with Crippen LogP contribution in [0.1, 0.15) is 13.8 Å². The molecule has 0 fully saturated rings. The van der Waals surface area contributed by atoms with Crippen molar-refractivity contribution in [2.24, 2.45) is 0 Å². The van der Waals surface area contributed by atoms with Crippen LogP contribution in [0.25, 0.3) is 0 Å². The van der Waals surface area contributed by atoms with Gasteiger partial charge in [-0.15, -0.1) is 0 Å². The molecule has 21 heavy (non-hydrogen) atoms. The summed E-state index contributed by atoms with van der Waals surface area (Å²) in [6.45, 7) is 4.30. The Morgan fingerprint density at radius 1 is 1.05 bits per heavy atom. The molecule has 1 amide bonds. The lowest BCUT2D eigenvalue weighted by Crippen LogP contribution is -2.32. The molecule has 110 valence electrons. The second kappa shape index (κ2) is 7.45. The molecule has 0 aromatic heterocycles. The van der Waals surface area contributed by atoms with Crippen molar-refractivity contribution in [3.05, 3.63) is 54.6 Å². The molecule has 2 aromatic carbocycles. The summed E-state index contributed by atoms with van der Waals surface area (Å²) in [4.78, 5) is 11.8. The SMILES string of the molecule is CC(C)NCC(=O)Nc1cccc(Oc2ccccc2)c1. The van der Waals surface area contributed by atoms with Crippen LogP contribution in [-0.2, 0) is 4.79 Å². The van der Waals surface area contributed by atoms with Crippen molar-refractivity contribution < 1.29 is 9.53 Å². The van der Waals surface area contributed by atoms with Crippen molar-refractivity contribution in [3.63, 3.8) is 0 Å². The summed E-state index contributed by atoms with van der Waals surface area (Å²) in [6, 6.07) is 17.2. The molecule has 0 spiro atoms. The van der Waals surface area contributed by atoms with Crippen molar-refractivity contribution in [1.29, 1.82) is 0 Å². The molecule has 4 heteroatoms. The van der Waals surface area contributed by atoms with E-state index in [0.29, 0.717) is 12.3 Å². The number of rotatable bonds is 6. The number of para-hydroxylation sites is 1. The predicted octanol–water partition coefficient (Wildman–Crippen LogP) is 3.42. The Balaban J connectivity index is 1.96. The lowest BCUT2D eigenvalue weighted by atomic mass is 10.3. The Labute approximate surface area is 125 Å². The summed E-state index contributed by atoms with van der Waals surface area (Å²) in [6.07, 6.45) is 0. The fourth-order valence-electron chi connectivity index (χ4n) is 1.76. The molecule has 2 aromatic rings. The average Bonchev–Trinajstić information content (AvgIpc) is 2.46. The molecule has 0 radical (unpaired) electrons. The molecular weight excluding hydrogens is 264 g/mol. The first-order chi connectivity index (χ1) is 10.1. The maximum Gasteiger partial charge on any atom is 0.238 e. The van der Waals surface area contributed by atoms with Crippen molar-refractivity contribution in [2.45, 2.75) is 19.9 Å². The zero-order valence-electron chi connectivity index (χ0n) is 12.3. The predicted molar refractivity (Wildman–Crippen MR) is 84.7 cm³/mol. The van der Waals surface area contributed by atoms with Gasteiger partial charge < -0.3 is 15.4 Å². The first kappa shape index (κ1) is 15.1. The molecule has 0 bridgehead atoms. The van der Waals surface area contributed by atoms with Crippen LogP contribution >= 0.6 is 0 Å². The molecule has 0 saturated heterocycles. The Morgan fingerprint density at radius 2 is 1.76 bits per heavy atom. The van der Waals surface area contributed by atoms with E-state index in [0.717, 1.165) is 11.4 Å². The maximum absolute atomic E-state index is 11.8. The second-order valence-electron chi connectivity index (χ2n) is 5.03. The minimum atomic E-state index is -0.0689. The van der Waals surface area contributed by atoms with Crippen molar-refractivity contribution in [3.8, 4) is 11.5 Å². The Bertz CT molecular complexity index is 582. The highest BCUT2D eigenvalue weighted by atomic mass is 16.5. The van der Waals surface area contributed by atoms with Crippen LogP contribution in [-0.4, -0.2) is 18.5 Å². The normalized spacial score (nSPS) is 10.4. The standard InChI is InChI=1S/C17H20N2O2/c1-13(2)18-12-17(20)19-14-7-6-10-16(11-14)21-15-8-4-3-5-9-15/h3-11,13,18H,12H2,1-2H3,(H,19,20). The first-order valence-corrected chi connectivity index (χ1v) is 6.99. The number of carbonyl (C=O) groups is 1. The van der Waals surface area contributed by atoms with Gasteiger partial charge >= 0.3 is 0 Å². The van der Waals surface area contributed by atoms with Gasteiger partial charge in [-0.05, 0) is 24.3 Å². The van der Waals surface area contributed by atoms with Crippen LogP contribution in [0.4, 0.5) is 5.69 Å². The van der Waals surface area contributed by atoms with E-state index in [1.54, 1.807) is 6.07 Å². The Hall–Kier alpha value is -2.33. The molecule has 0 saturated carbocycles. The molecule has 0 aliphatic rings. The van der Waals surface area contributed by atoms with Crippen LogP contribution in [0, 0.1) is 0 Å². The molecule has 0 unspecified atom stereocenters. The van der Waals surface area contributed by atoms with Crippen molar-refractivity contribution in [2.75, 3.05) is 11.9 Å². The molecule has 2 N–H and O–H groups in total. The van der Waals surface area contributed by atoms with E-state index < -0.39 is 0 Å². The van der Waals surface area contributed by atoms with E-state index in [1.165, 1.54) is 0 Å². The van der Waals surface area contributed by atoms with Gasteiger partial charge in [-0.2, -0.15) is 0 Å². The zero-order valence-corrected chi connectivity index (χ0v) is 12.3. The van der Waals surface area contributed by atoms with Crippen LogP contribution in [0.2, 0.25) is 0 Å². The summed E-state index contributed by atoms with van der Waals surface area (Å²) in [5.74, 6) is 1.39. The number of hydrogen-bond donors (Lipinski definition) is 2. The van der Waals surface area contributed by atoms with Gasteiger partial charge in [0.2, 0.25) is 5.91 Å². The highest BCUT2D eigenvalue weighted by Crippen LogP contribution is 2.23. The van der Waals surface area contributed by atoms with E-state index in [2.05, 4.69) is 10.6 Å². The number of ether oxygens (including phenoxy) is 1. The smallest absolute Gasteiger partial charge is 0.238 e. The van der Waals surface area contributed by atoms with Gasteiger partial charge in [0.1, 0.15) is 11.5 Å². The highest BCUT2D eigenvalue weighted by molar-refractivity contribution is 5.92. The van der Waals surface area contributed by atoms with Crippen LogP contribution in [0.3, 0.4) is 0 Å². The van der Waals surface area contributed by atoms with Gasteiger partial charge in [-0.25, -0.2) is 0 Å². The zero-order chi connectivity index (χ0) is 15.1. The van der Waals surface area contributed by atoms with Gasteiger partial charge in [-0.1, -0.05) is 38.1 Å². The van der Waals surface area contributed by atoms with E-state index in [-0.39, 0.29) is 11.9 Å². The summed E-state index contributed by atoms with van der Waals surface area (Å²) < 4.78 is 5.73. The third kappa shape index (κ3) is 5.28. The molecule has 0 aliphatic heterocycles. The molecule has 2 rings (SSSR count). The molecular formula is C17H20N2O2. The maximum atomic E-state index is 11.8. The fraction of sp³-hybridized carbons (Fsp3) is 0.235. The van der Waals surface area contributed by atoms with Crippen LogP contribution < -0.4 is 15.4 Å². The van der Waals surface area contributed by atoms with Gasteiger partial charge in [0.25, 0.3) is 0 Å². The van der Waals surface area contributed by atoms with Crippen LogP contribution in [0.5, 0.6) is 11.5 Å². The lowest BCUT2D eigenvalue weighted by Gasteiger charge is -2.10. The third-order valence-corrected chi connectivity index (χ3v) is 2.77. The number of anilines is 1. The summed E-state index contributed by atoms with van der Waals surface area (Å²) in [5, 5.41) is 5.92.